The molecule has 3 aromatic rings. The minimum atomic E-state index is -0.636. The molecule has 2 N–H and O–H groups in total. The summed E-state index contributed by atoms with van der Waals surface area (Å²) in [5.41, 5.74) is 5.37. The Morgan fingerprint density at radius 1 is 1.00 bits per heavy atom. The van der Waals surface area contributed by atoms with Crippen LogP contribution in [0.5, 0.6) is 5.75 Å². The topological polar surface area (TPSA) is 67.8 Å². The van der Waals surface area contributed by atoms with Crippen molar-refractivity contribution in [1.82, 2.24) is 0 Å². The van der Waals surface area contributed by atoms with E-state index in [9.17, 15) is 9.90 Å². The molecule has 0 fully saturated rings. The Labute approximate surface area is 181 Å². The van der Waals surface area contributed by atoms with E-state index in [2.05, 4.69) is 29.6 Å². The number of carbonyl (C=O) groups is 1. The number of ether oxygens (including phenoxy) is 2. The molecule has 0 saturated carbocycles. The predicted octanol–water partition coefficient (Wildman–Crippen LogP) is 5.64. The first-order valence-corrected chi connectivity index (χ1v) is 10.5. The Kier molecular flexibility index (Phi) is 4.71. The number of amides is 1. The van der Waals surface area contributed by atoms with Gasteiger partial charge in [0.1, 0.15) is 18.0 Å². The average Bonchev–Trinajstić information content (AvgIpc) is 3.06. The molecule has 0 spiro atoms. The Balaban J connectivity index is 1.34. The molecule has 31 heavy (non-hydrogen) atoms. The summed E-state index contributed by atoms with van der Waals surface area (Å²) in [6, 6.07) is 21.8. The predicted molar refractivity (Wildman–Crippen MR) is 119 cm³/mol. The first-order valence-electron chi connectivity index (χ1n) is 10.5. The van der Waals surface area contributed by atoms with E-state index in [4.69, 9.17) is 9.47 Å². The van der Waals surface area contributed by atoms with Crippen molar-refractivity contribution in [3.63, 3.8) is 0 Å². The molecular formula is C26H25NO4. The molecule has 5 heteroatoms. The van der Waals surface area contributed by atoms with E-state index in [-0.39, 0.29) is 12.5 Å². The van der Waals surface area contributed by atoms with Gasteiger partial charge in [0.25, 0.3) is 0 Å². The number of hydrogen-bond acceptors (Lipinski definition) is 4. The lowest BCUT2D eigenvalue weighted by Gasteiger charge is -2.36. The second-order valence-electron chi connectivity index (χ2n) is 8.76. The van der Waals surface area contributed by atoms with Crippen molar-refractivity contribution in [2.75, 3.05) is 11.9 Å². The zero-order valence-electron chi connectivity index (χ0n) is 17.6. The van der Waals surface area contributed by atoms with Gasteiger partial charge in [0.15, 0.2) is 0 Å². The normalized spacial score (nSPS) is 18.4. The van der Waals surface area contributed by atoms with Crippen LogP contribution in [0.4, 0.5) is 10.5 Å². The SMILES string of the molecule is CC1(C)CC(O)c2cccc(NC(=O)OCC3c4ccccc4-c4ccccc43)c2O1. The first-order chi connectivity index (χ1) is 14.9. The molecule has 2 aliphatic rings. The minimum absolute atomic E-state index is 0.000145. The summed E-state index contributed by atoms with van der Waals surface area (Å²) in [5.74, 6) is 0.500. The Hall–Kier alpha value is -3.31. The van der Waals surface area contributed by atoms with Gasteiger partial charge in [-0.15, -0.1) is 0 Å². The summed E-state index contributed by atoms with van der Waals surface area (Å²) < 4.78 is 11.7. The summed E-state index contributed by atoms with van der Waals surface area (Å²) in [5, 5.41) is 13.3. The fourth-order valence-corrected chi connectivity index (χ4v) is 4.67. The highest BCUT2D eigenvalue weighted by Crippen LogP contribution is 2.45. The van der Waals surface area contributed by atoms with Crippen molar-refractivity contribution in [3.8, 4) is 16.9 Å². The van der Waals surface area contributed by atoms with Crippen molar-refractivity contribution in [1.29, 1.82) is 0 Å². The summed E-state index contributed by atoms with van der Waals surface area (Å²) in [6.45, 7) is 4.08. The number of carbonyl (C=O) groups excluding carboxylic acids is 1. The first kappa shape index (κ1) is 19.6. The molecule has 5 nitrogen and oxygen atoms in total. The number of anilines is 1. The Morgan fingerprint density at radius 3 is 2.29 bits per heavy atom. The fraction of sp³-hybridized carbons (Fsp3) is 0.269. The van der Waals surface area contributed by atoms with Crippen LogP contribution in [0, 0.1) is 0 Å². The number of benzene rings is 3. The quantitative estimate of drug-likeness (QED) is 0.581. The molecule has 1 unspecified atom stereocenters. The molecule has 158 valence electrons. The maximum atomic E-state index is 12.7. The van der Waals surface area contributed by atoms with Gasteiger partial charge in [-0.3, -0.25) is 5.32 Å². The highest BCUT2D eigenvalue weighted by molar-refractivity contribution is 5.87. The monoisotopic (exact) mass is 415 g/mol. The summed E-state index contributed by atoms with van der Waals surface area (Å²) in [6.07, 6.45) is -0.686. The van der Waals surface area contributed by atoms with Crippen molar-refractivity contribution < 1.29 is 19.4 Å². The van der Waals surface area contributed by atoms with Crippen LogP contribution in [0.2, 0.25) is 0 Å². The van der Waals surface area contributed by atoms with Crippen LogP contribution in [-0.2, 0) is 4.74 Å². The number of rotatable bonds is 3. The second kappa shape index (κ2) is 7.43. The number of hydrogen-bond donors (Lipinski definition) is 2. The van der Waals surface area contributed by atoms with E-state index in [1.165, 1.54) is 22.3 Å². The Morgan fingerprint density at radius 2 is 1.61 bits per heavy atom. The lowest BCUT2D eigenvalue weighted by molar-refractivity contribution is 0.0121. The largest absolute Gasteiger partial charge is 0.485 e. The third-order valence-corrected chi connectivity index (χ3v) is 6.05. The zero-order chi connectivity index (χ0) is 21.6. The van der Waals surface area contributed by atoms with Gasteiger partial charge in [0, 0.05) is 17.9 Å². The van der Waals surface area contributed by atoms with Crippen LogP contribution in [-0.4, -0.2) is 23.4 Å². The number of fused-ring (bicyclic) bond motifs is 4. The lowest BCUT2D eigenvalue weighted by atomic mass is 9.91. The van der Waals surface area contributed by atoms with Gasteiger partial charge in [-0.05, 0) is 42.2 Å². The van der Waals surface area contributed by atoms with E-state index in [0.29, 0.717) is 23.4 Å². The van der Waals surface area contributed by atoms with Gasteiger partial charge in [0.2, 0.25) is 0 Å². The Bertz CT molecular complexity index is 1110. The van der Waals surface area contributed by atoms with E-state index in [0.717, 1.165) is 0 Å². The number of aliphatic hydroxyl groups is 1. The van der Waals surface area contributed by atoms with Crippen molar-refractivity contribution in [2.24, 2.45) is 0 Å². The van der Waals surface area contributed by atoms with Gasteiger partial charge in [-0.25, -0.2) is 4.79 Å². The smallest absolute Gasteiger partial charge is 0.411 e. The molecule has 0 radical (unpaired) electrons. The van der Waals surface area contributed by atoms with Crippen LogP contribution >= 0.6 is 0 Å². The third-order valence-electron chi connectivity index (χ3n) is 6.05. The van der Waals surface area contributed by atoms with Crippen LogP contribution in [0.1, 0.15) is 49.0 Å². The molecule has 0 aromatic heterocycles. The lowest BCUT2D eigenvalue weighted by Crippen LogP contribution is -2.35. The van der Waals surface area contributed by atoms with Crippen molar-refractivity contribution in [2.45, 2.75) is 37.9 Å². The molecule has 0 saturated heterocycles. The molecule has 1 heterocycles. The molecule has 5 rings (SSSR count). The van der Waals surface area contributed by atoms with Gasteiger partial charge < -0.3 is 14.6 Å². The molecule has 1 aliphatic carbocycles. The molecule has 1 atom stereocenters. The van der Waals surface area contributed by atoms with Gasteiger partial charge >= 0.3 is 6.09 Å². The molecular weight excluding hydrogens is 390 g/mol. The van der Waals surface area contributed by atoms with Crippen LogP contribution in [0.15, 0.2) is 66.7 Å². The second-order valence-corrected chi connectivity index (χ2v) is 8.76. The highest BCUT2D eigenvalue weighted by atomic mass is 16.5. The summed E-state index contributed by atoms with van der Waals surface area (Å²) >= 11 is 0. The highest BCUT2D eigenvalue weighted by Gasteiger charge is 2.34. The number of nitrogens with one attached hydrogen (secondary N) is 1. The van der Waals surface area contributed by atoms with E-state index >= 15 is 0 Å². The number of aliphatic hydroxyl groups excluding tert-OH is 1. The number of para-hydroxylation sites is 1. The van der Waals surface area contributed by atoms with Crippen LogP contribution < -0.4 is 10.1 Å². The average molecular weight is 415 g/mol. The maximum absolute atomic E-state index is 12.7. The van der Waals surface area contributed by atoms with Crippen LogP contribution in [0.3, 0.4) is 0 Å². The van der Waals surface area contributed by atoms with Gasteiger partial charge in [0.05, 0.1) is 11.8 Å². The van der Waals surface area contributed by atoms with E-state index < -0.39 is 17.8 Å². The molecule has 3 aromatic carbocycles. The summed E-state index contributed by atoms with van der Waals surface area (Å²) in [4.78, 5) is 12.7. The maximum Gasteiger partial charge on any atom is 0.411 e. The van der Waals surface area contributed by atoms with Crippen LogP contribution in [0.25, 0.3) is 11.1 Å². The molecule has 1 amide bonds. The third kappa shape index (κ3) is 3.55. The van der Waals surface area contributed by atoms with Gasteiger partial charge in [-0.2, -0.15) is 0 Å². The standard InChI is InChI=1S/C26H25NO4/c1-26(2)14-23(28)20-12-7-13-22(24(20)31-26)27-25(29)30-15-21-18-10-5-3-8-16(18)17-9-4-6-11-19(17)21/h3-13,21,23,28H,14-15H2,1-2H3,(H,27,29). The fourth-order valence-electron chi connectivity index (χ4n) is 4.67. The molecule has 1 aliphatic heterocycles. The minimum Gasteiger partial charge on any atom is -0.485 e. The van der Waals surface area contributed by atoms with Crippen molar-refractivity contribution in [3.05, 3.63) is 83.4 Å². The van der Waals surface area contributed by atoms with E-state index in [1.807, 2.05) is 44.2 Å². The molecule has 0 bridgehead atoms. The zero-order valence-corrected chi connectivity index (χ0v) is 17.6. The van der Waals surface area contributed by atoms with Crippen molar-refractivity contribution >= 4 is 11.8 Å². The van der Waals surface area contributed by atoms with Gasteiger partial charge in [-0.1, -0.05) is 60.7 Å². The van der Waals surface area contributed by atoms with E-state index in [1.54, 1.807) is 12.1 Å². The summed E-state index contributed by atoms with van der Waals surface area (Å²) in [7, 11) is 0.